The summed E-state index contributed by atoms with van der Waals surface area (Å²) in [6, 6.07) is 0. The first-order valence-electron chi connectivity index (χ1n) is 2.81. The summed E-state index contributed by atoms with van der Waals surface area (Å²) in [5.41, 5.74) is 0.431. The predicted molar refractivity (Wildman–Crippen MR) is 37.4 cm³/mol. The maximum atomic E-state index is 10.9. The van der Waals surface area contributed by atoms with Gasteiger partial charge >= 0.3 is 12.4 Å². The minimum atomic E-state index is -4.51. The Bertz CT molecular complexity index is 165. The van der Waals surface area contributed by atoms with Crippen LogP contribution >= 0.6 is 11.6 Å². The molecule has 0 heterocycles. The van der Waals surface area contributed by atoms with Crippen LogP contribution in [0, 0.1) is 0 Å². The lowest BCUT2D eigenvalue weighted by Gasteiger charge is -1.92. The molecule has 0 rings (SSSR count). The highest BCUT2D eigenvalue weighted by Crippen LogP contribution is 2.16. The molecule has 0 fully saturated rings. The van der Waals surface area contributed by atoms with Crippen molar-refractivity contribution in [3.05, 3.63) is 24.0 Å². The minimum absolute atomic E-state index is 0.0471. The van der Waals surface area contributed by atoms with Crippen LogP contribution < -0.4 is 0 Å². The normalized spacial score (nSPS) is 13.1. The van der Waals surface area contributed by atoms with Crippen molar-refractivity contribution >= 4 is 11.6 Å². The van der Waals surface area contributed by atoms with Crippen molar-refractivity contribution in [2.75, 3.05) is 0 Å². The number of alkyl halides is 6. The Kier molecular flexibility index (Phi) is 7.52. The van der Waals surface area contributed by atoms with E-state index in [2.05, 4.69) is 11.6 Å². The van der Waals surface area contributed by atoms with E-state index in [9.17, 15) is 30.7 Å². The molecule has 0 nitrogen and oxygen atoms in total. The zero-order chi connectivity index (χ0) is 11.8. The molecule has 84 valence electrons. The average Bonchev–Trinajstić information content (AvgIpc) is 1.81. The number of hydrogen-bond donors (Lipinski definition) is 0. The van der Waals surface area contributed by atoms with Crippen LogP contribution in [0.5, 0.6) is 0 Å². The highest BCUT2D eigenvalue weighted by atomic mass is 35.5. The van der Waals surface area contributed by atoms with E-state index in [1.54, 1.807) is 0 Å². The standard InChI is InChI=1S/C3H2ClF3.C3H2F4/c2*4-2-1-3(5,6)7/h2*1-2H/b2-1+;2-1-. The van der Waals surface area contributed by atoms with Gasteiger partial charge in [0.1, 0.15) is 0 Å². The first kappa shape index (κ1) is 15.7. The van der Waals surface area contributed by atoms with E-state index in [0.717, 1.165) is 0 Å². The molecule has 0 unspecified atom stereocenters. The zero-order valence-corrected chi connectivity index (χ0v) is 7.09. The van der Waals surface area contributed by atoms with Gasteiger partial charge in [0.25, 0.3) is 0 Å². The van der Waals surface area contributed by atoms with Crippen LogP contribution in [-0.2, 0) is 0 Å². The van der Waals surface area contributed by atoms with E-state index in [-0.39, 0.29) is 6.08 Å². The van der Waals surface area contributed by atoms with Gasteiger partial charge < -0.3 is 0 Å². The zero-order valence-electron chi connectivity index (χ0n) is 6.33. The van der Waals surface area contributed by atoms with Crippen LogP contribution in [-0.4, -0.2) is 12.4 Å². The lowest BCUT2D eigenvalue weighted by Crippen LogP contribution is -1.99. The van der Waals surface area contributed by atoms with Gasteiger partial charge in [0, 0.05) is 17.7 Å². The lowest BCUT2D eigenvalue weighted by atomic mass is 10.6. The fraction of sp³-hybridized carbons (Fsp3) is 0.333. The molecule has 0 atom stereocenters. The van der Waals surface area contributed by atoms with Crippen LogP contribution in [0.4, 0.5) is 30.7 Å². The lowest BCUT2D eigenvalue weighted by molar-refractivity contribution is -0.0812. The molecular formula is C6H4ClF7. The second-order valence-corrected chi connectivity index (χ2v) is 1.92. The summed E-state index contributed by atoms with van der Waals surface area (Å²) in [4.78, 5) is 0. The van der Waals surface area contributed by atoms with Crippen molar-refractivity contribution in [1.29, 1.82) is 0 Å². The second-order valence-electron chi connectivity index (χ2n) is 1.67. The largest absolute Gasteiger partial charge is 0.411 e. The van der Waals surface area contributed by atoms with Crippen LogP contribution in [0.3, 0.4) is 0 Å². The Morgan fingerprint density at radius 2 is 1.14 bits per heavy atom. The molecule has 0 saturated heterocycles. The molecule has 0 aromatic rings. The smallest absolute Gasteiger partial charge is 0.216 e. The number of hydrogen-bond acceptors (Lipinski definition) is 0. The summed E-state index contributed by atoms with van der Waals surface area (Å²) in [6.07, 6.45) is -9.84. The highest BCUT2D eigenvalue weighted by Gasteiger charge is 2.21. The van der Waals surface area contributed by atoms with Crippen molar-refractivity contribution in [3.8, 4) is 0 Å². The molecule has 0 saturated carbocycles. The Morgan fingerprint density at radius 1 is 0.786 bits per heavy atom. The molecule has 14 heavy (non-hydrogen) atoms. The van der Waals surface area contributed by atoms with Gasteiger partial charge in [-0.3, -0.25) is 0 Å². The van der Waals surface area contributed by atoms with Crippen molar-refractivity contribution in [1.82, 2.24) is 0 Å². The van der Waals surface area contributed by atoms with E-state index in [1.165, 1.54) is 0 Å². The molecule has 0 radical (unpaired) electrons. The molecule has 0 bridgehead atoms. The van der Waals surface area contributed by atoms with Crippen molar-refractivity contribution in [2.24, 2.45) is 0 Å². The van der Waals surface area contributed by atoms with Crippen molar-refractivity contribution in [2.45, 2.75) is 12.4 Å². The number of halogens is 8. The maximum Gasteiger partial charge on any atom is 0.411 e. The van der Waals surface area contributed by atoms with E-state index in [4.69, 9.17) is 0 Å². The fourth-order valence-corrected chi connectivity index (χ4v) is 0.286. The van der Waals surface area contributed by atoms with Crippen molar-refractivity contribution < 1.29 is 30.7 Å². The summed E-state index contributed by atoms with van der Waals surface area (Å²) in [5, 5.41) is 0. The summed E-state index contributed by atoms with van der Waals surface area (Å²) in [7, 11) is 0. The molecule has 0 amide bonds. The average molecular weight is 245 g/mol. The minimum Gasteiger partial charge on any atom is -0.216 e. The molecule has 0 aromatic carbocycles. The van der Waals surface area contributed by atoms with Crippen LogP contribution in [0.1, 0.15) is 0 Å². The Labute approximate surface area is 79.7 Å². The van der Waals surface area contributed by atoms with Gasteiger partial charge in [0.2, 0.25) is 0 Å². The summed E-state index contributed by atoms with van der Waals surface area (Å²) in [6.45, 7) is 0. The van der Waals surface area contributed by atoms with Gasteiger partial charge in [0.05, 0.1) is 6.33 Å². The van der Waals surface area contributed by atoms with Gasteiger partial charge in [-0.05, 0) is 0 Å². The summed E-state index contributed by atoms with van der Waals surface area (Å²) < 4.78 is 75.4. The highest BCUT2D eigenvalue weighted by molar-refractivity contribution is 6.25. The van der Waals surface area contributed by atoms with Gasteiger partial charge in [-0.1, -0.05) is 11.6 Å². The first-order chi connectivity index (χ1) is 6.12. The van der Waals surface area contributed by atoms with Gasteiger partial charge in [0.15, 0.2) is 0 Å². The topological polar surface area (TPSA) is 0 Å². The molecule has 0 aliphatic carbocycles. The number of rotatable bonds is 0. The molecule has 0 N–H and O–H groups in total. The van der Waals surface area contributed by atoms with Gasteiger partial charge in [-0.2, -0.15) is 26.3 Å². The Morgan fingerprint density at radius 3 is 1.14 bits per heavy atom. The van der Waals surface area contributed by atoms with Crippen LogP contribution in [0.15, 0.2) is 24.0 Å². The molecule has 0 aliphatic heterocycles. The fourth-order valence-electron chi connectivity index (χ4n) is 0.143. The number of allylic oxidation sites excluding steroid dienone is 2. The third-order valence-electron chi connectivity index (χ3n) is 0.504. The molecule has 8 heteroatoms. The third-order valence-corrected chi connectivity index (χ3v) is 0.630. The monoisotopic (exact) mass is 244 g/mol. The quantitative estimate of drug-likeness (QED) is 0.556. The van der Waals surface area contributed by atoms with Crippen LogP contribution in [0.2, 0.25) is 0 Å². The predicted octanol–water partition coefficient (Wildman–Crippen LogP) is 4.33. The van der Waals surface area contributed by atoms with E-state index >= 15 is 0 Å². The summed E-state index contributed by atoms with van der Waals surface area (Å²) in [5.74, 6) is 0. The van der Waals surface area contributed by atoms with E-state index in [0.29, 0.717) is 5.54 Å². The molecule has 0 aromatic heterocycles. The Hall–Kier alpha value is -0.720. The molecule has 0 spiro atoms. The molecule has 0 aliphatic rings. The second kappa shape index (κ2) is 6.69. The van der Waals surface area contributed by atoms with Gasteiger partial charge in [-0.25, -0.2) is 4.39 Å². The van der Waals surface area contributed by atoms with E-state index < -0.39 is 24.8 Å². The van der Waals surface area contributed by atoms with Crippen molar-refractivity contribution in [3.63, 3.8) is 0 Å². The van der Waals surface area contributed by atoms with Crippen LogP contribution in [0.25, 0.3) is 0 Å². The third kappa shape index (κ3) is 22.5. The Balaban J connectivity index is 0. The maximum absolute atomic E-state index is 10.9. The van der Waals surface area contributed by atoms with E-state index in [1.807, 2.05) is 0 Å². The first-order valence-corrected chi connectivity index (χ1v) is 3.25. The SMILES string of the molecule is F/C=C\C(F)(F)F.FC(F)(F)/C=C/Cl. The van der Waals surface area contributed by atoms with Gasteiger partial charge in [-0.15, -0.1) is 0 Å². The molecular weight excluding hydrogens is 241 g/mol. The summed E-state index contributed by atoms with van der Waals surface area (Å²) >= 11 is 4.59.